The summed E-state index contributed by atoms with van der Waals surface area (Å²) in [7, 11) is 1.99. The number of ether oxygens (including phenoxy) is 1. The maximum Gasteiger partial charge on any atom is 0.121 e. The minimum absolute atomic E-state index is 0.241. The molecule has 0 spiro atoms. The van der Waals surface area contributed by atoms with Gasteiger partial charge < -0.3 is 9.84 Å². The summed E-state index contributed by atoms with van der Waals surface area (Å²) in [5.41, 5.74) is 2.83. The lowest BCUT2D eigenvalue weighted by Gasteiger charge is -2.21. The molecule has 3 rings (SSSR count). The summed E-state index contributed by atoms with van der Waals surface area (Å²) >= 11 is 0. The molecule has 0 aliphatic rings. The molecule has 0 saturated carbocycles. The second-order valence-corrected chi connectivity index (χ2v) is 5.85. The molecule has 0 aliphatic heterocycles. The average Bonchev–Trinajstić information content (AvgIpc) is 2.60. The number of aliphatic hydroxyl groups is 1. The quantitative estimate of drug-likeness (QED) is 0.724. The first kappa shape index (κ1) is 16.4. The number of hydrogen-bond donors (Lipinski definition) is 1. The van der Waals surface area contributed by atoms with Crippen molar-refractivity contribution in [2.75, 3.05) is 20.2 Å². The molecule has 0 amide bonds. The van der Waals surface area contributed by atoms with Crippen molar-refractivity contribution >= 4 is 11.0 Å². The molecule has 0 saturated heterocycles. The van der Waals surface area contributed by atoms with Gasteiger partial charge in [-0.15, -0.1) is 0 Å². The number of aromatic nitrogens is 2. The zero-order valence-corrected chi connectivity index (χ0v) is 13.7. The van der Waals surface area contributed by atoms with Crippen LogP contribution < -0.4 is 4.74 Å². The Labute approximate surface area is 141 Å². The van der Waals surface area contributed by atoms with E-state index >= 15 is 0 Å². The van der Waals surface area contributed by atoms with Gasteiger partial charge in [-0.05, 0) is 24.7 Å². The Balaban J connectivity index is 1.50. The molecule has 0 fully saturated rings. The Bertz CT molecular complexity index is 780. The Morgan fingerprint density at radius 2 is 1.79 bits per heavy atom. The molecule has 3 aromatic rings. The third-order valence-electron chi connectivity index (χ3n) is 3.70. The first-order valence-corrected chi connectivity index (χ1v) is 7.95. The van der Waals surface area contributed by atoms with Gasteiger partial charge in [0.15, 0.2) is 0 Å². The lowest BCUT2D eigenvalue weighted by molar-refractivity contribution is 0.0744. The fourth-order valence-corrected chi connectivity index (χ4v) is 2.60. The van der Waals surface area contributed by atoms with Crippen molar-refractivity contribution in [3.8, 4) is 5.75 Å². The summed E-state index contributed by atoms with van der Waals surface area (Å²) in [4.78, 5) is 10.6. The fourth-order valence-electron chi connectivity index (χ4n) is 2.60. The highest BCUT2D eigenvalue weighted by molar-refractivity contribution is 5.75. The van der Waals surface area contributed by atoms with E-state index in [9.17, 15) is 5.11 Å². The Morgan fingerprint density at radius 1 is 1.04 bits per heavy atom. The molecular formula is C19H21N3O2. The highest BCUT2D eigenvalue weighted by atomic mass is 16.5. The van der Waals surface area contributed by atoms with Crippen LogP contribution in [0.25, 0.3) is 11.0 Å². The van der Waals surface area contributed by atoms with E-state index < -0.39 is 6.10 Å². The van der Waals surface area contributed by atoms with Gasteiger partial charge in [-0.1, -0.05) is 30.3 Å². The van der Waals surface area contributed by atoms with Crippen LogP contribution in [-0.2, 0) is 6.54 Å². The van der Waals surface area contributed by atoms with Crippen molar-refractivity contribution in [2.24, 2.45) is 0 Å². The molecule has 1 unspecified atom stereocenters. The molecule has 1 N–H and O–H groups in total. The van der Waals surface area contributed by atoms with Gasteiger partial charge in [0.25, 0.3) is 0 Å². The standard InChI is InChI=1S/C19H21N3O2/c1-22(12-15-5-3-2-4-6-15)13-16(23)14-24-17-7-8-18-19(11-17)21-10-9-20-18/h2-11,16,23H,12-14H2,1H3. The lowest BCUT2D eigenvalue weighted by atomic mass is 10.2. The topological polar surface area (TPSA) is 58.5 Å². The molecule has 1 aromatic heterocycles. The van der Waals surface area contributed by atoms with Crippen LogP contribution in [0.3, 0.4) is 0 Å². The molecule has 24 heavy (non-hydrogen) atoms. The van der Waals surface area contributed by atoms with E-state index in [0.717, 1.165) is 17.6 Å². The summed E-state index contributed by atoms with van der Waals surface area (Å²) in [6.07, 6.45) is 2.76. The van der Waals surface area contributed by atoms with Crippen LogP contribution in [0.15, 0.2) is 60.9 Å². The van der Waals surface area contributed by atoms with Gasteiger partial charge in [0, 0.05) is 31.5 Å². The molecule has 5 nitrogen and oxygen atoms in total. The zero-order valence-electron chi connectivity index (χ0n) is 13.7. The van der Waals surface area contributed by atoms with Crippen LogP contribution in [-0.4, -0.2) is 46.3 Å². The van der Waals surface area contributed by atoms with E-state index in [-0.39, 0.29) is 6.61 Å². The van der Waals surface area contributed by atoms with Gasteiger partial charge in [0.1, 0.15) is 18.5 Å². The third-order valence-corrected chi connectivity index (χ3v) is 3.70. The number of fused-ring (bicyclic) bond motifs is 1. The van der Waals surface area contributed by atoms with Gasteiger partial charge in [-0.2, -0.15) is 0 Å². The minimum atomic E-state index is -0.559. The smallest absolute Gasteiger partial charge is 0.121 e. The van der Waals surface area contributed by atoms with Gasteiger partial charge in [0.05, 0.1) is 11.0 Å². The maximum atomic E-state index is 10.2. The predicted octanol–water partition coefficient (Wildman–Crippen LogP) is 2.50. The predicted molar refractivity (Wildman–Crippen MR) is 93.8 cm³/mol. The molecule has 0 bridgehead atoms. The second-order valence-electron chi connectivity index (χ2n) is 5.85. The molecule has 1 atom stereocenters. The molecule has 124 valence electrons. The van der Waals surface area contributed by atoms with Crippen molar-refractivity contribution < 1.29 is 9.84 Å². The van der Waals surface area contributed by atoms with Crippen molar-refractivity contribution in [3.63, 3.8) is 0 Å². The number of benzene rings is 2. The average molecular weight is 323 g/mol. The van der Waals surface area contributed by atoms with Crippen molar-refractivity contribution in [2.45, 2.75) is 12.6 Å². The van der Waals surface area contributed by atoms with Crippen molar-refractivity contribution in [3.05, 3.63) is 66.5 Å². The van der Waals surface area contributed by atoms with E-state index in [1.165, 1.54) is 5.56 Å². The number of hydrogen-bond acceptors (Lipinski definition) is 5. The normalized spacial score (nSPS) is 12.5. The third kappa shape index (κ3) is 4.50. The fraction of sp³-hybridized carbons (Fsp3) is 0.263. The first-order valence-electron chi connectivity index (χ1n) is 7.95. The maximum absolute atomic E-state index is 10.2. The highest BCUT2D eigenvalue weighted by Crippen LogP contribution is 2.17. The largest absolute Gasteiger partial charge is 0.491 e. The lowest BCUT2D eigenvalue weighted by Crippen LogP contribution is -2.32. The number of aliphatic hydroxyl groups excluding tert-OH is 1. The summed E-state index contributed by atoms with van der Waals surface area (Å²) in [6, 6.07) is 15.7. The van der Waals surface area contributed by atoms with E-state index in [1.54, 1.807) is 12.4 Å². The zero-order chi connectivity index (χ0) is 16.8. The Hall–Kier alpha value is -2.50. The molecule has 5 heteroatoms. The van der Waals surface area contributed by atoms with E-state index in [2.05, 4.69) is 27.0 Å². The SMILES string of the molecule is CN(Cc1ccccc1)CC(O)COc1ccc2nccnc2c1. The molecular weight excluding hydrogens is 302 g/mol. The number of nitrogens with zero attached hydrogens (tertiary/aromatic N) is 3. The number of rotatable bonds is 7. The van der Waals surface area contributed by atoms with E-state index in [4.69, 9.17) is 4.74 Å². The van der Waals surface area contributed by atoms with Crippen LogP contribution in [0.2, 0.25) is 0 Å². The van der Waals surface area contributed by atoms with Crippen LogP contribution in [0, 0.1) is 0 Å². The summed E-state index contributed by atoms with van der Waals surface area (Å²) in [6.45, 7) is 1.58. The van der Waals surface area contributed by atoms with Gasteiger partial charge in [-0.25, -0.2) is 0 Å². The summed E-state index contributed by atoms with van der Waals surface area (Å²) in [5, 5.41) is 10.2. The van der Waals surface area contributed by atoms with Gasteiger partial charge in [0.2, 0.25) is 0 Å². The molecule has 2 aromatic carbocycles. The van der Waals surface area contributed by atoms with Crippen LogP contribution in [0.5, 0.6) is 5.75 Å². The Morgan fingerprint density at radius 3 is 2.58 bits per heavy atom. The van der Waals surface area contributed by atoms with E-state index in [0.29, 0.717) is 12.3 Å². The van der Waals surface area contributed by atoms with Crippen LogP contribution >= 0.6 is 0 Å². The van der Waals surface area contributed by atoms with Gasteiger partial charge >= 0.3 is 0 Å². The van der Waals surface area contributed by atoms with E-state index in [1.807, 2.05) is 43.4 Å². The minimum Gasteiger partial charge on any atom is -0.491 e. The first-order chi connectivity index (χ1) is 11.7. The molecule has 1 heterocycles. The van der Waals surface area contributed by atoms with Crippen LogP contribution in [0.4, 0.5) is 0 Å². The summed E-state index contributed by atoms with van der Waals surface area (Å²) in [5.74, 6) is 0.688. The highest BCUT2D eigenvalue weighted by Gasteiger charge is 2.10. The number of likely N-dealkylation sites (N-methyl/N-ethyl adjacent to an activating group) is 1. The monoisotopic (exact) mass is 323 g/mol. The molecule has 0 radical (unpaired) electrons. The van der Waals surface area contributed by atoms with Crippen molar-refractivity contribution in [1.82, 2.24) is 14.9 Å². The summed E-state index contributed by atoms with van der Waals surface area (Å²) < 4.78 is 5.68. The molecule has 0 aliphatic carbocycles. The van der Waals surface area contributed by atoms with Crippen molar-refractivity contribution in [1.29, 1.82) is 0 Å². The van der Waals surface area contributed by atoms with Crippen LogP contribution in [0.1, 0.15) is 5.56 Å². The van der Waals surface area contributed by atoms with Gasteiger partial charge in [-0.3, -0.25) is 14.9 Å². The Kier molecular flexibility index (Phi) is 5.36. The second kappa shape index (κ2) is 7.86.